The number of amides is 3. The monoisotopic (exact) mass is 440 g/mol. The number of nitrogens with one attached hydrogen (secondary N) is 2. The number of hydrogen-bond acceptors (Lipinski definition) is 3. The first-order valence-corrected chi connectivity index (χ1v) is 11.0. The molecule has 1 unspecified atom stereocenters. The molecule has 3 amide bonds. The first-order chi connectivity index (χ1) is 16.0. The Balaban J connectivity index is 1.71. The minimum Gasteiger partial charge on any atom is -0.326 e. The summed E-state index contributed by atoms with van der Waals surface area (Å²) in [5, 5.41) is 14.9. The Labute approximate surface area is 194 Å². The van der Waals surface area contributed by atoms with E-state index in [4.69, 9.17) is 5.26 Å². The average Bonchev–Trinajstić information content (AvgIpc) is 2.85. The molecule has 1 atom stereocenters. The van der Waals surface area contributed by atoms with Crippen LogP contribution in [0.1, 0.15) is 43.0 Å². The molecule has 0 aliphatic rings. The minimum atomic E-state index is -0.332. The molecule has 3 rings (SSSR count). The maximum atomic E-state index is 13.2. The zero-order valence-corrected chi connectivity index (χ0v) is 18.9. The number of anilines is 2. The summed E-state index contributed by atoms with van der Waals surface area (Å²) in [6, 6.07) is 25.7. The van der Waals surface area contributed by atoms with Crippen molar-refractivity contribution >= 4 is 23.3 Å². The summed E-state index contributed by atoms with van der Waals surface area (Å²) in [7, 11) is 0. The van der Waals surface area contributed by atoms with Crippen molar-refractivity contribution in [3.05, 3.63) is 95.6 Å². The first kappa shape index (κ1) is 23.6. The highest BCUT2D eigenvalue weighted by Crippen LogP contribution is 2.22. The van der Waals surface area contributed by atoms with E-state index < -0.39 is 0 Å². The molecule has 0 saturated heterocycles. The van der Waals surface area contributed by atoms with E-state index in [-0.39, 0.29) is 30.9 Å². The van der Waals surface area contributed by atoms with E-state index in [1.807, 2.05) is 61.5 Å². The van der Waals surface area contributed by atoms with E-state index in [0.29, 0.717) is 11.3 Å². The second-order valence-corrected chi connectivity index (χ2v) is 7.75. The predicted octanol–water partition coefficient (Wildman–Crippen LogP) is 5.74. The van der Waals surface area contributed by atoms with Crippen molar-refractivity contribution in [1.82, 2.24) is 4.90 Å². The average molecular weight is 441 g/mol. The van der Waals surface area contributed by atoms with Gasteiger partial charge in [0.1, 0.15) is 0 Å². The maximum absolute atomic E-state index is 13.2. The highest BCUT2D eigenvalue weighted by Gasteiger charge is 2.22. The van der Waals surface area contributed by atoms with Crippen LogP contribution in [0.25, 0.3) is 0 Å². The second kappa shape index (κ2) is 11.5. The summed E-state index contributed by atoms with van der Waals surface area (Å²) in [5.74, 6) is -0.163. The van der Waals surface area contributed by atoms with Crippen LogP contribution in [-0.4, -0.2) is 23.4 Å². The molecule has 0 spiro atoms. The number of carbonyl (C=O) groups excluding carboxylic acids is 2. The standard InChI is InChI=1S/C27H28N4O2/c1-3-21-12-14-24(15-13-21)29-26(32)16-17-31(20(2)23-9-5-4-6-10-23)27(33)30-25-11-7-8-22(18-25)19-28/h4-15,18,20H,3,16-17H2,1-2H3,(H,29,32)(H,30,33). The number of hydrogen-bond donors (Lipinski definition) is 2. The minimum absolute atomic E-state index is 0.151. The van der Waals surface area contributed by atoms with Crippen molar-refractivity contribution in [2.45, 2.75) is 32.7 Å². The molecule has 0 bridgehead atoms. The van der Waals surface area contributed by atoms with Gasteiger partial charge < -0.3 is 15.5 Å². The fourth-order valence-electron chi connectivity index (χ4n) is 3.51. The quantitative estimate of drug-likeness (QED) is 0.468. The maximum Gasteiger partial charge on any atom is 0.322 e. The molecule has 6 heteroatoms. The smallest absolute Gasteiger partial charge is 0.322 e. The van der Waals surface area contributed by atoms with Gasteiger partial charge in [-0.2, -0.15) is 5.26 Å². The van der Waals surface area contributed by atoms with Crippen LogP contribution in [0.2, 0.25) is 0 Å². The number of nitriles is 1. The molecule has 0 radical (unpaired) electrons. The molecule has 3 aromatic carbocycles. The van der Waals surface area contributed by atoms with Crippen molar-refractivity contribution in [3.8, 4) is 6.07 Å². The van der Waals surface area contributed by atoms with Crippen LogP contribution in [0.4, 0.5) is 16.2 Å². The Kier molecular flexibility index (Phi) is 8.20. The first-order valence-electron chi connectivity index (χ1n) is 11.0. The molecule has 2 N–H and O–H groups in total. The Morgan fingerprint density at radius 2 is 1.67 bits per heavy atom. The summed E-state index contributed by atoms with van der Waals surface area (Å²) in [6.07, 6.45) is 1.09. The number of rotatable bonds is 8. The lowest BCUT2D eigenvalue weighted by Gasteiger charge is -2.29. The van der Waals surface area contributed by atoms with Crippen molar-refractivity contribution in [3.63, 3.8) is 0 Å². The number of nitrogens with zero attached hydrogens (tertiary/aromatic N) is 2. The van der Waals surface area contributed by atoms with Gasteiger partial charge in [-0.25, -0.2) is 4.79 Å². The summed E-state index contributed by atoms with van der Waals surface area (Å²) in [5.41, 5.74) is 3.90. The molecule has 0 aliphatic carbocycles. The van der Waals surface area contributed by atoms with Gasteiger partial charge in [0.25, 0.3) is 0 Å². The number of benzene rings is 3. The van der Waals surface area contributed by atoms with Crippen molar-refractivity contribution in [1.29, 1.82) is 5.26 Å². The van der Waals surface area contributed by atoms with Crippen molar-refractivity contribution < 1.29 is 9.59 Å². The summed E-state index contributed by atoms with van der Waals surface area (Å²) < 4.78 is 0. The fourth-order valence-corrected chi connectivity index (χ4v) is 3.51. The Morgan fingerprint density at radius 3 is 2.33 bits per heavy atom. The van der Waals surface area contributed by atoms with E-state index >= 15 is 0 Å². The lowest BCUT2D eigenvalue weighted by atomic mass is 10.1. The SMILES string of the molecule is CCc1ccc(NC(=O)CCN(C(=O)Nc2cccc(C#N)c2)C(C)c2ccccc2)cc1. The normalized spacial score (nSPS) is 11.2. The number of aryl methyl sites for hydroxylation is 1. The lowest BCUT2D eigenvalue weighted by Crippen LogP contribution is -2.39. The number of urea groups is 1. The molecular weight excluding hydrogens is 412 g/mol. The van der Waals surface area contributed by atoms with E-state index in [9.17, 15) is 9.59 Å². The molecule has 3 aromatic rings. The molecule has 0 aliphatic heterocycles. The molecule has 168 valence electrons. The van der Waals surface area contributed by atoms with E-state index in [1.54, 1.807) is 29.2 Å². The highest BCUT2D eigenvalue weighted by molar-refractivity contribution is 5.92. The molecule has 0 saturated carbocycles. The van der Waals surface area contributed by atoms with Gasteiger partial charge in [0.05, 0.1) is 17.7 Å². The van der Waals surface area contributed by atoms with E-state index in [0.717, 1.165) is 17.7 Å². The Bertz CT molecular complexity index is 1120. The van der Waals surface area contributed by atoms with Crippen LogP contribution in [0.3, 0.4) is 0 Å². The van der Waals surface area contributed by atoms with Gasteiger partial charge in [-0.05, 0) is 54.8 Å². The van der Waals surface area contributed by atoms with Gasteiger partial charge in [0.15, 0.2) is 0 Å². The molecule has 0 fully saturated rings. The van der Waals surface area contributed by atoms with Crippen LogP contribution in [0.5, 0.6) is 0 Å². The molecule has 0 heterocycles. The van der Waals surface area contributed by atoms with Crippen molar-refractivity contribution in [2.24, 2.45) is 0 Å². The van der Waals surface area contributed by atoms with Crippen molar-refractivity contribution in [2.75, 3.05) is 17.2 Å². The summed E-state index contributed by atoms with van der Waals surface area (Å²) in [6.45, 7) is 4.25. The largest absolute Gasteiger partial charge is 0.326 e. The molecule has 6 nitrogen and oxygen atoms in total. The van der Waals surface area contributed by atoms with Gasteiger partial charge in [-0.1, -0.05) is 55.5 Å². The van der Waals surface area contributed by atoms with Crippen LogP contribution >= 0.6 is 0 Å². The lowest BCUT2D eigenvalue weighted by molar-refractivity contribution is -0.116. The van der Waals surface area contributed by atoms with Gasteiger partial charge in [-0.15, -0.1) is 0 Å². The molecule has 33 heavy (non-hydrogen) atoms. The summed E-state index contributed by atoms with van der Waals surface area (Å²) in [4.78, 5) is 27.4. The predicted molar refractivity (Wildman–Crippen MR) is 131 cm³/mol. The molecule has 0 aromatic heterocycles. The molecular formula is C27H28N4O2. The van der Waals surface area contributed by atoms with Crippen LogP contribution in [-0.2, 0) is 11.2 Å². The fraction of sp³-hybridized carbons (Fsp3) is 0.222. The van der Waals surface area contributed by atoms with Gasteiger partial charge in [0, 0.05) is 24.3 Å². The third-order valence-electron chi connectivity index (χ3n) is 5.48. The topological polar surface area (TPSA) is 85.2 Å². The summed E-state index contributed by atoms with van der Waals surface area (Å²) >= 11 is 0. The Morgan fingerprint density at radius 1 is 0.939 bits per heavy atom. The third-order valence-corrected chi connectivity index (χ3v) is 5.48. The third kappa shape index (κ3) is 6.68. The number of carbonyl (C=O) groups is 2. The van der Waals surface area contributed by atoms with E-state index in [2.05, 4.69) is 23.6 Å². The Hall–Kier alpha value is -4.11. The van der Waals surface area contributed by atoms with Gasteiger partial charge in [-0.3, -0.25) is 4.79 Å². The van der Waals surface area contributed by atoms with Crippen LogP contribution in [0.15, 0.2) is 78.9 Å². The second-order valence-electron chi connectivity index (χ2n) is 7.75. The highest BCUT2D eigenvalue weighted by atomic mass is 16.2. The van der Waals surface area contributed by atoms with Crippen LogP contribution in [0, 0.1) is 11.3 Å². The zero-order chi connectivity index (χ0) is 23.6. The van der Waals surface area contributed by atoms with Gasteiger partial charge >= 0.3 is 6.03 Å². The van der Waals surface area contributed by atoms with E-state index in [1.165, 1.54) is 5.56 Å². The van der Waals surface area contributed by atoms with Crippen LogP contribution < -0.4 is 10.6 Å². The van der Waals surface area contributed by atoms with Gasteiger partial charge in [0.2, 0.25) is 5.91 Å². The zero-order valence-electron chi connectivity index (χ0n) is 18.9.